The average Bonchev–Trinajstić information content (AvgIpc) is 2.00. The minimum atomic E-state index is -12.4. The fourth-order valence-electron chi connectivity index (χ4n) is 0.700. The monoisotopic (exact) mass is 416 g/mol. The van der Waals surface area contributed by atoms with E-state index in [4.69, 9.17) is 21.0 Å². The van der Waals surface area contributed by atoms with Gasteiger partial charge in [-0.25, -0.2) is 0 Å². The Labute approximate surface area is 123 Å². The molecule has 0 rings (SSSR count). The zero-order chi connectivity index (χ0) is 16.0. The molecule has 0 aliphatic carbocycles. The molecule has 17 heteroatoms. The molecule has 122 valence electrons. The van der Waals surface area contributed by atoms with Crippen molar-refractivity contribution in [2.45, 2.75) is 0 Å². The summed E-state index contributed by atoms with van der Waals surface area (Å²) in [4.78, 5) is 0. The smallest absolute Gasteiger partial charge is 0.369 e. The molecule has 12 nitrogen and oxygen atoms in total. The predicted octanol–water partition coefficient (Wildman–Crippen LogP) is -0.387. The van der Waals surface area contributed by atoms with E-state index >= 15 is 0 Å². The second-order valence-corrected chi connectivity index (χ2v) is 48.8. The molecular weight excluding hydrogens is 404 g/mol. The SMILES string of the molecule is N#C[S][Cr]([NH2])([NH2])(=[O])(=[O])([O-])([O-])([S]C#N)([S]C#N)[S]C#N.[NH4+].[NH4+]. The van der Waals surface area contributed by atoms with Gasteiger partial charge in [-0.1, -0.05) is 0 Å². The number of nitrogens with zero attached hydrogens (tertiary/aromatic N) is 4. The average molecular weight is 416 g/mol. The van der Waals surface area contributed by atoms with Gasteiger partial charge < -0.3 is 12.3 Å². The molecule has 0 amide bonds. The first-order chi connectivity index (χ1) is 7.62. The third-order valence-corrected chi connectivity index (χ3v) is 28.5. The second kappa shape index (κ2) is 2.35. The molecule has 21 heavy (non-hydrogen) atoms. The summed E-state index contributed by atoms with van der Waals surface area (Å²) in [6.45, 7) is 0. The van der Waals surface area contributed by atoms with E-state index in [2.05, 4.69) is 9.43 Å². The summed E-state index contributed by atoms with van der Waals surface area (Å²) < 4.78 is 48.6. The summed E-state index contributed by atoms with van der Waals surface area (Å²) in [5.74, 6) is 0. The molecule has 0 saturated carbocycles. The summed E-state index contributed by atoms with van der Waals surface area (Å²) >= 11 is 0. The largest absolute Gasteiger partial charge is 0.369 e. The summed E-state index contributed by atoms with van der Waals surface area (Å²) in [5.41, 5.74) is 0. The van der Waals surface area contributed by atoms with Crippen molar-refractivity contribution in [1.29, 1.82) is 21.0 Å². The predicted molar refractivity (Wildman–Crippen MR) is 74.5 cm³/mol. The molecule has 0 aliphatic heterocycles. The summed E-state index contributed by atoms with van der Waals surface area (Å²) in [6, 6.07) is 0. The van der Waals surface area contributed by atoms with Gasteiger partial charge in [0, 0.05) is 0 Å². The van der Waals surface area contributed by atoms with Gasteiger partial charge in [0.1, 0.15) is 0 Å². The van der Waals surface area contributed by atoms with Crippen LogP contribution in [0.3, 0.4) is 0 Å². The first-order valence-electron chi connectivity index (χ1n) is 3.52. The Kier molecular flexibility index (Phi) is 2.82. The Morgan fingerprint density at radius 3 is 0.952 bits per heavy atom. The maximum absolute atomic E-state index is 12.9. The van der Waals surface area contributed by atoms with Gasteiger partial charge in [0.25, 0.3) is 0 Å². The normalized spacial score (nSPS) is 23.0. The number of quaternary nitrogens is 2. The molecule has 0 fully saturated rings. The number of rotatable bonds is 4. The number of nitrogens with two attached hydrogens (primary N) is 2. The fraction of sp³-hybridized carbons (Fsp3) is 0. The van der Waals surface area contributed by atoms with Crippen LogP contribution in [0.2, 0.25) is 0 Å². The minimum Gasteiger partial charge on any atom is -0.369 e. The molecule has 0 spiro atoms. The van der Waals surface area contributed by atoms with Crippen LogP contribution in [0.1, 0.15) is 0 Å². The molecule has 0 aromatic heterocycles. The van der Waals surface area contributed by atoms with Crippen LogP contribution in [0.25, 0.3) is 0 Å². The van der Waals surface area contributed by atoms with E-state index in [1.807, 2.05) is 0 Å². The van der Waals surface area contributed by atoms with Crippen molar-refractivity contribution in [3.8, 4) is 21.6 Å². The molecule has 0 aromatic carbocycles. The number of nitriles is 4. The summed E-state index contributed by atoms with van der Waals surface area (Å²) in [5, 5.41) is 36.2. The molecule has 12 N–H and O–H groups in total. The van der Waals surface area contributed by atoms with Crippen molar-refractivity contribution in [3.05, 3.63) is 0 Å². The van der Waals surface area contributed by atoms with Gasteiger partial charge in [-0.15, -0.1) is 0 Å². The second-order valence-electron chi connectivity index (χ2n) is 4.28. The molecule has 0 heterocycles. The van der Waals surface area contributed by atoms with E-state index in [-0.39, 0.29) is 12.3 Å². The van der Waals surface area contributed by atoms with Crippen molar-refractivity contribution in [3.63, 3.8) is 0 Å². The van der Waals surface area contributed by atoms with Gasteiger partial charge >= 0.3 is 112 Å². The molecular formula is C4H12CrN8O4S4. The third-order valence-electron chi connectivity index (χ3n) is 1.49. The Balaban J connectivity index is -0.00000162. The van der Waals surface area contributed by atoms with E-state index < -0.39 is 43.6 Å². The molecule has 0 unspecified atom stereocenters. The van der Waals surface area contributed by atoms with Gasteiger partial charge in [-0.05, 0) is 0 Å². The zero-order valence-electron chi connectivity index (χ0n) is 10.6. The maximum Gasteiger partial charge on any atom is -0.369 e. The van der Waals surface area contributed by atoms with Crippen LogP contribution in [0, 0.1) is 42.7 Å². The van der Waals surface area contributed by atoms with Crippen LogP contribution < -0.4 is 30.1 Å². The minimum absolute atomic E-state index is 0. The van der Waals surface area contributed by atoms with Gasteiger partial charge in [0.2, 0.25) is 0 Å². The van der Waals surface area contributed by atoms with Crippen molar-refractivity contribution in [2.24, 2.45) is 9.43 Å². The standard InChI is InChI=1S/4CHNS.Cr.2H3N.2H2N.4O/c4*2-1-3;;;;;;;;;/h4*3H;;2*1H3;2*1H2;;;;/q;;;;+6;;;2*-1;;;2*-1/p-2. The topological polar surface area (TPSA) is 300 Å². The van der Waals surface area contributed by atoms with E-state index in [9.17, 15) is 15.9 Å². The van der Waals surface area contributed by atoms with Gasteiger partial charge in [-0.3, -0.25) is 0 Å². The fourth-order valence-corrected chi connectivity index (χ4v) is 15.7. The van der Waals surface area contributed by atoms with Gasteiger partial charge in [-0.2, -0.15) is 0 Å². The number of hydrogen-bond acceptors (Lipinski definition) is 12. The molecule has 0 atom stereocenters. The molecule has 0 aromatic rings. The molecule has 0 saturated heterocycles. The maximum atomic E-state index is 12.9. The van der Waals surface area contributed by atoms with Crippen LogP contribution in [0.5, 0.6) is 0 Å². The molecule has 0 bridgehead atoms. The summed E-state index contributed by atoms with van der Waals surface area (Å²) in [6.07, 6.45) is 0. The van der Waals surface area contributed by atoms with Crippen molar-refractivity contribution in [1.82, 2.24) is 12.3 Å². The van der Waals surface area contributed by atoms with Crippen molar-refractivity contribution >= 4 is 40.5 Å². The Hall–Kier alpha value is -0.748. The number of hydrogen-bond donors (Lipinski definition) is 4. The molecule has 0 radical (unpaired) electrons. The number of thiocyanates is 4. The Morgan fingerprint density at radius 1 is 0.714 bits per heavy atom. The Bertz CT molecular complexity index is 949. The third kappa shape index (κ3) is 3.72. The van der Waals surface area contributed by atoms with E-state index in [0.29, 0.717) is 21.6 Å². The van der Waals surface area contributed by atoms with E-state index in [1.54, 1.807) is 0 Å². The van der Waals surface area contributed by atoms with Crippen LogP contribution in [0.15, 0.2) is 0 Å². The van der Waals surface area contributed by atoms with Crippen LogP contribution >= 0.6 is 40.5 Å². The van der Waals surface area contributed by atoms with Gasteiger partial charge in [0.05, 0.1) is 0 Å². The first kappa shape index (κ1) is 25.2. The summed E-state index contributed by atoms with van der Waals surface area (Å²) in [7, 11) is -7.21. The van der Waals surface area contributed by atoms with E-state index in [1.165, 1.54) is 0 Å². The van der Waals surface area contributed by atoms with Crippen LogP contribution in [-0.2, 0) is 10.7 Å². The van der Waals surface area contributed by atoms with Crippen molar-refractivity contribution in [2.75, 3.05) is 0 Å². The Morgan fingerprint density at radius 2 is 0.857 bits per heavy atom. The van der Waals surface area contributed by atoms with Crippen LogP contribution in [-0.4, -0.2) is 0 Å². The van der Waals surface area contributed by atoms with E-state index in [0.717, 1.165) is 0 Å². The van der Waals surface area contributed by atoms with Crippen molar-refractivity contribution < 1.29 is 19.0 Å². The zero-order valence-corrected chi connectivity index (χ0v) is 15.2. The van der Waals surface area contributed by atoms with Gasteiger partial charge in [0.15, 0.2) is 0 Å². The quantitative estimate of drug-likeness (QED) is 0.424. The first-order valence-corrected chi connectivity index (χ1v) is 16.3. The molecule has 0 aliphatic rings. The van der Waals surface area contributed by atoms with Crippen LogP contribution in [0.4, 0.5) is 0 Å².